The van der Waals surface area contributed by atoms with E-state index < -0.39 is 17.4 Å². The van der Waals surface area contributed by atoms with Crippen LogP contribution in [0.4, 0.5) is 0 Å². The van der Waals surface area contributed by atoms with Crippen LogP contribution in [0.15, 0.2) is 36.7 Å². The molecule has 0 unspecified atom stereocenters. The molecule has 0 spiro atoms. The molecule has 162 valence electrons. The molecule has 0 saturated carbocycles. The number of carbonyl (C=O) groups is 1. The van der Waals surface area contributed by atoms with Crippen molar-refractivity contribution in [2.75, 3.05) is 6.61 Å². The van der Waals surface area contributed by atoms with E-state index in [1.165, 1.54) is 32.1 Å². The molecule has 0 bridgehead atoms. The maximum Gasteiger partial charge on any atom is 0.343 e. The second kappa shape index (κ2) is 9.67. The molecule has 0 amide bonds. The van der Waals surface area contributed by atoms with Crippen molar-refractivity contribution < 1.29 is 19.4 Å². The lowest BCUT2D eigenvalue weighted by Gasteiger charge is -2.25. The van der Waals surface area contributed by atoms with Gasteiger partial charge in [0.25, 0.3) is 0 Å². The van der Waals surface area contributed by atoms with Crippen LogP contribution in [0.5, 0.6) is 0 Å². The van der Waals surface area contributed by atoms with Crippen LogP contribution in [-0.2, 0) is 26.3 Å². The Kier molecular flexibility index (Phi) is 7.21. The molecule has 6 heteroatoms. The van der Waals surface area contributed by atoms with Gasteiger partial charge in [-0.1, -0.05) is 63.3 Å². The minimum absolute atomic E-state index is 0.0294. The molecule has 3 rings (SSSR count). The zero-order valence-corrected chi connectivity index (χ0v) is 18.2. The Morgan fingerprint density at radius 3 is 2.23 bits per heavy atom. The van der Waals surface area contributed by atoms with Gasteiger partial charge in [0.1, 0.15) is 0 Å². The average Bonchev–Trinajstić information content (AvgIpc) is 3.08. The van der Waals surface area contributed by atoms with Crippen molar-refractivity contribution >= 4 is 5.97 Å². The largest absolute Gasteiger partial charge is 0.479 e. The van der Waals surface area contributed by atoms with E-state index in [4.69, 9.17) is 9.47 Å². The SMILES string of the molecule is CCCCCCCCc1cnc(-c2ccc([C@]3(C(=O)O)COC(C)(C)O3)cc2)nc1. The molecule has 0 aliphatic carbocycles. The lowest BCUT2D eigenvalue weighted by Crippen LogP contribution is -2.39. The minimum atomic E-state index is -1.50. The van der Waals surface area contributed by atoms with Gasteiger partial charge in [0.2, 0.25) is 5.60 Å². The Morgan fingerprint density at radius 1 is 1.03 bits per heavy atom. The maximum atomic E-state index is 11.9. The van der Waals surface area contributed by atoms with Crippen LogP contribution in [0.2, 0.25) is 0 Å². The van der Waals surface area contributed by atoms with Gasteiger partial charge in [-0.3, -0.25) is 0 Å². The van der Waals surface area contributed by atoms with Crippen LogP contribution in [0.25, 0.3) is 11.4 Å². The zero-order chi connectivity index (χ0) is 21.6. The number of aliphatic carboxylic acids is 1. The molecule has 2 aromatic rings. The molecular formula is C24H32N2O4. The van der Waals surface area contributed by atoms with Crippen molar-refractivity contribution in [3.05, 3.63) is 47.8 Å². The summed E-state index contributed by atoms with van der Waals surface area (Å²) in [7, 11) is 0. The highest BCUT2D eigenvalue weighted by atomic mass is 16.8. The molecule has 0 radical (unpaired) electrons. The highest BCUT2D eigenvalue weighted by Gasteiger charge is 2.52. The predicted octanol–water partition coefficient (Wildman–Crippen LogP) is 5.11. The van der Waals surface area contributed by atoms with Gasteiger partial charge in [0, 0.05) is 18.0 Å². The Labute approximate surface area is 178 Å². The first-order valence-electron chi connectivity index (χ1n) is 10.9. The van der Waals surface area contributed by atoms with E-state index >= 15 is 0 Å². The lowest BCUT2D eigenvalue weighted by atomic mass is 9.93. The summed E-state index contributed by atoms with van der Waals surface area (Å²) in [5.74, 6) is -1.37. The number of hydrogen-bond acceptors (Lipinski definition) is 5. The topological polar surface area (TPSA) is 81.5 Å². The van der Waals surface area contributed by atoms with Crippen molar-refractivity contribution in [3.8, 4) is 11.4 Å². The number of aromatic nitrogens is 2. The third-order valence-corrected chi connectivity index (χ3v) is 5.52. The zero-order valence-electron chi connectivity index (χ0n) is 18.2. The van der Waals surface area contributed by atoms with E-state index in [2.05, 4.69) is 16.9 Å². The first kappa shape index (κ1) is 22.4. The number of carboxylic acid groups (broad SMARTS) is 1. The number of unbranched alkanes of at least 4 members (excludes halogenated alkanes) is 5. The quantitative estimate of drug-likeness (QED) is 0.546. The summed E-state index contributed by atoms with van der Waals surface area (Å²) in [6, 6.07) is 7.17. The molecule has 1 aromatic carbocycles. The Balaban J connectivity index is 1.63. The van der Waals surface area contributed by atoms with E-state index in [1.54, 1.807) is 26.0 Å². The molecule has 1 aromatic heterocycles. The third-order valence-electron chi connectivity index (χ3n) is 5.52. The highest BCUT2D eigenvalue weighted by Crippen LogP contribution is 2.39. The number of benzene rings is 1. The molecular weight excluding hydrogens is 380 g/mol. The molecule has 1 saturated heterocycles. The van der Waals surface area contributed by atoms with Crippen LogP contribution in [0.3, 0.4) is 0 Å². The van der Waals surface area contributed by atoms with Gasteiger partial charge in [0.05, 0.1) is 6.61 Å². The Hall–Kier alpha value is -2.31. The molecule has 1 atom stereocenters. The Morgan fingerprint density at radius 2 is 1.67 bits per heavy atom. The van der Waals surface area contributed by atoms with Crippen LogP contribution in [-0.4, -0.2) is 33.4 Å². The molecule has 1 aliphatic heterocycles. The number of aryl methyl sites for hydroxylation is 1. The molecule has 1 N–H and O–H groups in total. The van der Waals surface area contributed by atoms with E-state index in [1.807, 2.05) is 24.5 Å². The third kappa shape index (κ3) is 5.24. The fraction of sp³-hybridized carbons (Fsp3) is 0.542. The fourth-order valence-electron chi connectivity index (χ4n) is 3.76. The van der Waals surface area contributed by atoms with Gasteiger partial charge in [-0.15, -0.1) is 0 Å². The normalized spacial score (nSPS) is 20.4. The highest BCUT2D eigenvalue weighted by molar-refractivity contribution is 5.80. The van der Waals surface area contributed by atoms with Crippen molar-refractivity contribution in [2.45, 2.75) is 77.1 Å². The van der Waals surface area contributed by atoms with Crippen molar-refractivity contribution in [1.82, 2.24) is 9.97 Å². The van der Waals surface area contributed by atoms with E-state index in [0.29, 0.717) is 11.4 Å². The summed E-state index contributed by atoms with van der Waals surface area (Å²) in [5.41, 5.74) is 1.03. The standard InChI is InChI=1S/C24H32N2O4/c1-4-5-6-7-8-9-10-18-15-25-21(26-16-18)19-11-13-20(14-12-19)24(22(27)28)17-29-23(2,3)30-24/h11-16H,4-10,17H2,1-3H3,(H,27,28)/t24-/m0/s1. The molecule has 2 heterocycles. The van der Waals surface area contributed by atoms with E-state index in [-0.39, 0.29) is 6.61 Å². The van der Waals surface area contributed by atoms with E-state index in [9.17, 15) is 9.90 Å². The van der Waals surface area contributed by atoms with Crippen LogP contribution >= 0.6 is 0 Å². The summed E-state index contributed by atoms with van der Waals surface area (Å²) < 4.78 is 11.3. The van der Waals surface area contributed by atoms with Gasteiger partial charge >= 0.3 is 5.97 Å². The second-order valence-electron chi connectivity index (χ2n) is 8.43. The number of ether oxygens (including phenoxy) is 2. The maximum absolute atomic E-state index is 11.9. The summed E-state index contributed by atoms with van der Waals surface area (Å²) >= 11 is 0. The number of hydrogen-bond donors (Lipinski definition) is 1. The first-order valence-corrected chi connectivity index (χ1v) is 10.9. The monoisotopic (exact) mass is 412 g/mol. The average molecular weight is 413 g/mol. The molecule has 1 fully saturated rings. The molecule has 1 aliphatic rings. The van der Waals surface area contributed by atoms with Gasteiger partial charge in [-0.05, 0) is 37.8 Å². The molecule has 30 heavy (non-hydrogen) atoms. The number of carboxylic acids is 1. The predicted molar refractivity (Wildman–Crippen MR) is 115 cm³/mol. The van der Waals surface area contributed by atoms with E-state index in [0.717, 1.165) is 24.0 Å². The van der Waals surface area contributed by atoms with Crippen LogP contribution in [0.1, 0.15) is 70.4 Å². The van der Waals surface area contributed by atoms with Crippen molar-refractivity contribution in [2.24, 2.45) is 0 Å². The summed E-state index contributed by atoms with van der Waals surface area (Å²) in [6.07, 6.45) is 12.4. The first-order chi connectivity index (χ1) is 14.4. The molecule has 6 nitrogen and oxygen atoms in total. The summed E-state index contributed by atoms with van der Waals surface area (Å²) in [4.78, 5) is 20.9. The van der Waals surface area contributed by atoms with Crippen molar-refractivity contribution in [1.29, 1.82) is 0 Å². The smallest absolute Gasteiger partial charge is 0.343 e. The van der Waals surface area contributed by atoms with Crippen molar-refractivity contribution in [3.63, 3.8) is 0 Å². The summed E-state index contributed by atoms with van der Waals surface area (Å²) in [5, 5.41) is 9.77. The van der Waals surface area contributed by atoms with Crippen LogP contribution in [0, 0.1) is 0 Å². The Bertz CT molecular complexity index is 833. The lowest BCUT2D eigenvalue weighted by molar-refractivity contribution is -0.187. The van der Waals surface area contributed by atoms with Gasteiger partial charge in [-0.2, -0.15) is 0 Å². The number of rotatable bonds is 10. The van der Waals surface area contributed by atoms with Gasteiger partial charge in [0.15, 0.2) is 11.6 Å². The number of nitrogens with zero attached hydrogens (tertiary/aromatic N) is 2. The second-order valence-corrected chi connectivity index (χ2v) is 8.43. The summed E-state index contributed by atoms with van der Waals surface area (Å²) in [6.45, 7) is 5.63. The van der Waals surface area contributed by atoms with Gasteiger partial charge < -0.3 is 14.6 Å². The van der Waals surface area contributed by atoms with Crippen LogP contribution < -0.4 is 0 Å². The van der Waals surface area contributed by atoms with Gasteiger partial charge in [-0.25, -0.2) is 14.8 Å². The minimum Gasteiger partial charge on any atom is -0.479 e. The fourth-order valence-corrected chi connectivity index (χ4v) is 3.76.